The van der Waals surface area contributed by atoms with Gasteiger partial charge in [0.05, 0.1) is 7.11 Å². The monoisotopic (exact) mass is 257 g/mol. The van der Waals surface area contributed by atoms with Crippen molar-refractivity contribution in [3.63, 3.8) is 0 Å². The first-order chi connectivity index (χ1) is 9.31. The molecule has 2 heterocycles. The number of nitrogens with one attached hydrogen (secondary N) is 1. The summed E-state index contributed by atoms with van der Waals surface area (Å²) in [5.41, 5.74) is 1.39. The molecular weight excluding hydrogens is 242 g/mol. The van der Waals surface area contributed by atoms with Gasteiger partial charge in [-0.05, 0) is 12.8 Å². The molecule has 0 aliphatic heterocycles. The van der Waals surface area contributed by atoms with E-state index >= 15 is 0 Å². The molecule has 0 atom stereocenters. The number of methoxy groups -OCH3 is 1. The topological polar surface area (TPSA) is 72.8 Å². The van der Waals surface area contributed by atoms with Crippen molar-refractivity contribution in [2.24, 2.45) is 0 Å². The van der Waals surface area contributed by atoms with Gasteiger partial charge in [-0.3, -0.25) is 0 Å². The van der Waals surface area contributed by atoms with Crippen LogP contribution in [0.4, 0.5) is 5.82 Å². The third-order valence-electron chi connectivity index (χ3n) is 3.04. The van der Waals surface area contributed by atoms with Crippen LogP contribution in [0, 0.1) is 0 Å². The Morgan fingerprint density at radius 3 is 2.68 bits per heavy atom. The first-order valence-electron chi connectivity index (χ1n) is 6.24. The van der Waals surface area contributed by atoms with E-state index in [9.17, 15) is 0 Å². The Morgan fingerprint density at radius 2 is 2.00 bits per heavy atom. The van der Waals surface area contributed by atoms with Crippen molar-refractivity contribution in [3.05, 3.63) is 24.3 Å². The lowest BCUT2D eigenvalue weighted by Crippen LogP contribution is -2.02. The molecule has 0 radical (unpaired) electrons. The van der Waals surface area contributed by atoms with Gasteiger partial charge in [0.15, 0.2) is 5.69 Å². The maximum absolute atomic E-state index is 5.23. The van der Waals surface area contributed by atoms with Gasteiger partial charge in [-0.2, -0.15) is 0 Å². The molecule has 1 aliphatic rings. The van der Waals surface area contributed by atoms with E-state index in [2.05, 4.69) is 25.3 Å². The smallest absolute Gasteiger partial charge is 0.241 e. The third-order valence-corrected chi connectivity index (χ3v) is 3.04. The predicted octanol–water partition coefficient (Wildman–Crippen LogP) is 1.86. The van der Waals surface area contributed by atoms with Gasteiger partial charge in [0.2, 0.25) is 5.88 Å². The molecule has 2 aromatic heterocycles. The summed E-state index contributed by atoms with van der Waals surface area (Å²) in [6, 6.07) is 1.86. The highest BCUT2D eigenvalue weighted by molar-refractivity contribution is 5.63. The van der Waals surface area contributed by atoms with E-state index in [0.29, 0.717) is 17.5 Å². The van der Waals surface area contributed by atoms with E-state index in [1.165, 1.54) is 0 Å². The number of nitrogens with zero attached hydrogens (tertiary/aromatic N) is 4. The Hall–Kier alpha value is -2.24. The molecule has 0 bridgehead atoms. The largest absolute Gasteiger partial charge is 0.479 e. The van der Waals surface area contributed by atoms with Crippen molar-refractivity contribution in [1.82, 2.24) is 19.9 Å². The minimum atomic E-state index is 0.477. The summed E-state index contributed by atoms with van der Waals surface area (Å²) in [5.74, 6) is 2.62. The number of aromatic nitrogens is 4. The molecule has 98 valence electrons. The fraction of sp³-hybridized carbons (Fsp3) is 0.385. The fourth-order valence-electron chi connectivity index (χ4n) is 1.89. The van der Waals surface area contributed by atoms with Gasteiger partial charge in [0.25, 0.3) is 0 Å². The number of rotatable bonds is 4. The lowest BCUT2D eigenvalue weighted by atomic mass is 10.2. The molecule has 0 spiro atoms. The van der Waals surface area contributed by atoms with E-state index < -0.39 is 0 Å². The molecule has 1 aliphatic carbocycles. The van der Waals surface area contributed by atoms with Gasteiger partial charge >= 0.3 is 0 Å². The molecule has 0 saturated heterocycles. The first-order valence-corrected chi connectivity index (χ1v) is 6.24. The van der Waals surface area contributed by atoms with Crippen LogP contribution >= 0.6 is 0 Å². The lowest BCUT2D eigenvalue weighted by molar-refractivity contribution is 0.397. The number of anilines is 1. The van der Waals surface area contributed by atoms with Crippen LogP contribution in [-0.2, 0) is 0 Å². The quantitative estimate of drug-likeness (QED) is 0.901. The Morgan fingerprint density at radius 1 is 1.21 bits per heavy atom. The van der Waals surface area contributed by atoms with Gasteiger partial charge in [0.1, 0.15) is 17.3 Å². The maximum atomic E-state index is 5.23. The molecule has 3 rings (SSSR count). The average Bonchev–Trinajstić information content (AvgIpc) is 3.31. The zero-order chi connectivity index (χ0) is 13.2. The minimum absolute atomic E-state index is 0.477. The molecule has 1 saturated carbocycles. The summed E-state index contributed by atoms with van der Waals surface area (Å²) < 4.78 is 5.23. The van der Waals surface area contributed by atoms with Gasteiger partial charge in [-0.1, -0.05) is 0 Å². The fourth-order valence-corrected chi connectivity index (χ4v) is 1.89. The van der Waals surface area contributed by atoms with Crippen molar-refractivity contribution < 1.29 is 4.74 Å². The second-order valence-electron chi connectivity index (χ2n) is 4.44. The summed E-state index contributed by atoms with van der Waals surface area (Å²) in [7, 11) is 3.42. The van der Waals surface area contributed by atoms with Gasteiger partial charge < -0.3 is 10.1 Å². The van der Waals surface area contributed by atoms with Crippen molar-refractivity contribution >= 4 is 5.82 Å². The minimum Gasteiger partial charge on any atom is -0.479 e. The summed E-state index contributed by atoms with van der Waals surface area (Å²) in [4.78, 5) is 17.5. The molecule has 19 heavy (non-hydrogen) atoms. The van der Waals surface area contributed by atoms with Gasteiger partial charge in [-0.25, -0.2) is 19.9 Å². The summed E-state index contributed by atoms with van der Waals surface area (Å²) in [5, 5.41) is 3.06. The van der Waals surface area contributed by atoms with Crippen LogP contribution in [-0.4, -0.2) is 34.1 Å². The standard InChI is InChI=1S/C13H15N5O/c1-14-10-7-9(17-12(18-10)8-3-4-8)11-13(19-2)16-6-5-15-11/h5-8H,3-4H2,1-2H3,(H,14,17,18). The van der Waals surface area contributed by atoms with E-state index in [0.717, 1.165) is 30.2 Å². The molecule has 0 amide bonds. The summed E-state index contributed by atoms with van der Waals surface area (Å²) in [6.07, 6.45) is 5.55. The van der Waals surface area contributed by atoms with Crippen LogP contribution in [0.15, 0.2) is 18.5 Å². The molecule has 2 aromatic rings. The third kappa shape index (κ3) is 2.33. The molecule has 0 aromatic carbocycles. The highest BCUT2D eigenvalue weighted by Crippen LogP contribution is 2.39. The average molecular weight is 257 g/mol. The SMILES string of the molecule is CNc1cc(-c2nccnc2OC)nc(C2CC2)n1. The molecule has 6 heteroatoms. The van der Waals surface area contributed by atoms with E-state index in [4.69, 9.17) is 4.74 Å². The van der Waals surface area contributed by atoms with Crippen LogP contribution < -0.4 is 10.1 Å². The number of hydrogen-bond donors (Lipinski definition) is 1. The van der Waals surface area contributed by atoms with Crippen LogP contribution in [0.25, 0.3) is 11.4 Å². The normalized spacial score (nSPS) is 14.2. The summed E-state index contributed by atoms with van der Waals surface area (Å²) >= 11 is 0. The summed E-state index contributed by atoms with van der Waals surface area (Å²) in [6.45, 7) is 0. The van der Waals surface area contributed by atoms with Crippen LogP contribution in [0.2, 0.25) is 0 Å². The maximum Gasteiger partial charge on any atom is 0.241 e. The Bertz CT molecular complexity index is 597. The highest BCUT2D eigenvalue weighted by atomic mass is 16.5. The molecular formula is C13H15N5O. The molecule has 1 fully saturated rings. The lowest BCUT2D eigenvalue weighted by Gasteiger charge is -2.08. The van der Waals surface area contributed by atoms with Crippen LogP contribution in [0.5, 0.6) is 5.88 Å². The zero-order valence-corrected chi connectivity index (χ0v) is 10.9. The molecule has 0 unspecified atom stereocenters. The van der Waals surface area contributed by atoms with Crippen molar-refractivity contribution in [1.29, 1.82) is 0 Å². The first kappa shape index (κ1) is 11.8. The Balaban J connectivity index is 2.10. The number of ether oxygens (including phenoxy) is 1. The van der Waals surface area contributed by atoms with E-state index in [1.807, 2.05) is 13.1 Å². The Labute approximate surface area is 111 Å². The van der Waals surface area contributed by atoms with Gasteiger partial charge in [0, 0.05) is 31.4 Å². The molecule has 6 nitrogen and oxygen atoms in total. The van der Waals surface area contributed by atoms with Crippen LogP contribution in [0.3, 0.4) is 0 Å². The molecule has 1 N–H and O–H groups in total. The Kier molecular flexibility index (Phi) is 2.98. The van der Waals surface area contributed by atoms with E-state index in [-0.39, 0.29) is 0 Å². The number of hydrogen-bond acceptors (Lipinski definition) is 6. The zero-order valence-electron chi connectivity index (χ0n) is 10.9. The van der Waals surface area contributed by atoms with Crippen molar-refractivity contribution in [3.8, 4) is 17.3 Å². The van der Waals surface area contributed by atoms with Crippen LogP contribution in [0.1, 0.15) is 24.6 Å². The van der Waals surface area contributed by atoms with Gasteiger partial charge in [-0.15, -0.1) is 0 Å². The second kappa shape index (κ2) is 4.79. The second-order valence-corrected chi connectivity index (χ2v) is 4.44. The van der Waals surface area contributed by atoms with Crippen molar-refractivity contribution in [2.75, 3.05) is 19.5 Å². The van der Waals surface area contributed by atoms with E-state index in [1.54, 1.807) is 19.5 Å². The van der Waals surface area contributed by atoms with Crippen molar-refractivity contribution in [2.45, 2.75) is 18.8 Å². The predicted molar refractivity (Wildman–Crippen MR) is 71.1 cm³/mol. The highest BCUT2D eigenvalue weighted by Gasteiger charge is 2.28.